The van der Waals surface area contributed by atoms with Crippen LogP contribution in [0, 0.1) is 5.92 Å². The topological polar surface area (TPSA) is 89.5 Å². The van der Waals surface area contributed by atoms with Gasteiger partial charge in [0.1, 0.15) is 0 Å². The van der Waals surface area contributed by atoms with E-state index in [0.717, 1.165) is 31.5 Å². The Balaban J connectivity index is 2.08. The smallest absolute Gasteiger partial charge is 0.308 e. The molecule has 132 valence electrons. The predicted octanol–water partition coefficient (Wildman–Crippen LogP) is 1.20. The van der Waals surface area contributed by atoms with Gasteiger partial charge in [0.2, 0.25) is 11.8 Å². The van der Waals surface area contributed by atoms with Crippen LogP contribution in [-0.4, -0.2) is 43.7 Å². The molecule has 24 heavy (non-hydrogen) atoms. The van der Waals surface area contributed by atoms with Crippen LogP contribution < -0.4 is 15.4 Å². The zero-order valence-electron chi connectivity index (χ0n) is 14.2. The molecule has 1 saturated heterocycles. The molecule has 7 nitrogen and oxygen atoms in total. The third-order valence-corrected chi connectivity index (χ3v) is 4.07. The third kappa shape index (κ3) is 5.19. The van der Waals surface area contributed by atoms with Crippen LogP contribution in [0.2, 0.25) is 0 Å². The van der Waals surface area contributed by atoms with E-state index < -0.39 is 6.04 Å². The van der Waals surface area contributed by atoms with E-state index in [9.17, 15) is 9.59 Å². The molecule has 0 spiro atoms. The fourth-order valence-corrected chi connectivity index (χ4v) is 2.73. The van der Waals surface area contributed by atoms with Crippen molar-refractivity contribution in [2.24, 2.45) is 5.92 Å². The Bertz CT molecular complexity index is 541. The van der Waals surface area contributed by atoms with E-state index in [1.165, 1.54) is 7.11 Å². The quantitative estimate of drug-likeness (QED) is 0.728. The van der Waals surface area contributed by atoms with Crippen molar-refractivity contribution in [1.82, 2.24) is 15.6 Å². The maximum absolute atomic E-state index is 12.5. The Labute approximate surface area is 142 Å². The van der Waals surface area contributed by atoms with Crippen LogP contribution in [0.15, 0.2) is 18.3 Å². The van der Waals surface area contributed by atoms with Crippen LogP contribution >= 0.6 is 0 Å². The van der Waals surface area contributed by atoms with Crippen LogP contribution in [0.3, 0.4) is 0 Å². The SMILES string of the molecule is CCOC(=O)C[C@H](NC(=O)C1CCNCC1)c1ccc(OC)nc1. The summed E-state index contributed by atoms with van der Waals surface area (Å²) in [6.45, 7) is 3.75. The summed E-state index contributed by atoms with van der Waals surface area (Å²) in [5, 5.41) is 6.22. The number of amides is 1. The van der Waals surface area contributed by atoms with Gasteiger partial charge in [0.15, 0.2) is 0 Å². The summed E-state index contributed by atoms with van der Waals surface area (Å²) in [4.78, 5) is 28.5. The van der Waals surface area contributed by atoms with E-state index in [0.29, 0.717) is 12.5 Å². The summed E-state index contributed by atoms with van der Waals surface area (Å²) in [6.07, 6.45) is 3.31. The highest BCUT2D eigenvalue weighted by molar-refractivity contribution is 5.80. The highest BCUT2D eigenvalue weighted by Crippen LogP contribution is 2.21. The number of nitrogens with zero attached hydrogens (tertiary/aromatic N) is 1. The van der Waals surface area contributed by atoms with E-state index in [4.69, 9.17) is 9.47 Å². The minimum Gasteiger partial charge on any atom is -0.481 e. The van der Waals surface area contributed by atoms with Crippen molar-refractivity contribution in [3.05, 3.63) is 23.9 Å². The lowest BCUT2D eigenvalue weighted by atomic mass is 9.96. The van der Waals surface area contributed by atoms with Crippen LogP contribution in [0.5, 0.6) is 5.88 Å². The number of carbonyl (C=O) groups excluding carboxylic acids is 2. The molecule has 1 amide bonds. The van der Waals surface area contributed by atoms with Crippen molar-refractivity contribution in [2.75, 3.05) is 26.8 Å². The molecular weight excluding hydrogens is 310 g/mol. The van der Waals surface area contributed by atoms with Crippen molar-refractivity contribution < 1.29 is 19.1 Å². The van der Waals surface area contributed by atoms with Gasteiger partial charge >= 0.3 is 5.97 Å². The van der Waals surface area contributed by atoms with E-state index >= 15 is 0 Å². The maximum atomic E-state index is 12.5. The number of hydrogen-bond acceptors (Lipinski definition) is 6. The largest absolute Gasteiger partial charge is 0.481 e. The van der Waals surface area contributed by atoms with Crippen LogP contribution in [0.25, 0.3) is 0 Å². The van der Waals surface area contributed by atoms with Gasteiger partial charge in [0, 0.05) is 18.2 Å². The van der Waals surface area contributed by atoms with Crippen LogP contribution in [0.1, 0.15) is 37.8 Å². The number of nitrogens with one attached hydrogen (secondary N) is 2. The molecule has 2 rings (SSSR count). The second-order valence-electron chi connectivity index (χ2n) is 5.73. The molecule has 1 aliphatic heterocycles. The number of aromatic nitrogens is 1. The molecule has 0 aliphatic carbocycles. The molecule has 0 radical (unpaired) electrons. The second-order valence-corrected chi connectivity index (χ2v) is 5.73. The normalized spacial score (nSPS) is 16.2. The average Bonchev–Trinajstić information content (AvgIpc) is 2.62. The minimum absolute atomic E-state index is 0.0258. The van der Waals surface area contributed by atoms with E-state index in [-0.39, 0.29) is 24.2 Å². The number of ether oxygens (including phenoxy) is 2. The lowest BCUT2D eigenvalue weighted by molar-refractivity contribution is -0.144. The first-order valence-corrected chi connectivity index (χ1v) is 8.30. The van der Waals surface area contributed by atoms with Gasteiger partial charge in [-0.3, -0.25) is 9.59 Å². The molecule has 7 heteroatoms. The lowest BCUT2D eigenvalue weighted by Gasteiger charge is -2.25. The van der Waals surface area contributed by atoms with Gasteiger partial charge in [-0.2, -0.15) is 0 Å². The third-order valence-electron chi connectivity index (χ3n) is 4.07. The molecule has 0 unspecified atom stereocenters. The summed E-state index contributed by atoms with van der Waals surface area (Å²) >= 11 is 0. The summed E-state index contributed by atoms with van der Waals surface area (Å²) in [7, 11) is 1.54. The zero-order chi connectivity index (χ0) is 17.4. The molecule has 1 aromatic heterocycles. The summed E-state index contributed by atoms with van der Waals surface area (Å²) in [6, 6.07) is 3.06. The first-order chi connectivity index (χ1) is 11.6. The fraction of sp³-hybridized carbons (Fsp3) is 0.588. The average molecular weight is 335 g/mol. The zero-order valence-corrected chi connectivity index (χ0v) is 14.2. The molecule has 0 saturated carbocycles. The molecule has 1 aliphatic rings. The first-order valence-electron chi connectivity index (χ1n) is 8.30. The highest BCUT2D eigenvalue weighted by atomic mass is 16.5. The number of hydrogen-bond donors (Lipinski definition) is 2. The molecule has 2 heterocycles. The number of rotatable bonds is 7. The molecule has 0 aromatic carbocycles. The first kappa shape index (κ1) is 18.2. The number of methoxy groups -OCH3 is 1. The van der Waals surface area contributed by atoms with Gasteiger partial charge in [-0.15, -0.1) is 0 Å². The lowest BCUT2D eigenvalue weighted by Crippen LogP contribution is -2.40. The Hall–Kier alpha value is -2.15. The number of piperidine rings is 1. The number of esters is 1. The van der Waals surface area contributed by atoms with Crippen LogP contribution in [-0.2, 0) is 14.3 Å². The van der Waals surface area contributed by atoms with E-state index in [2.05, 4.69) is 15.6 Å². The summed E-state index contributed by atoms with van der Waals surface area (Å²) in [5.74, 6) is 0.0889. The Morgan fingerprint density at radius 3 is 2.71 bits per heavy atom. The van der Waals surface area contributed by atoms with Gasteiger partial charge in [-0.25, -0.2) is 4.98 Å². The van der Waals surface area contributed by atoms with Crippen molar-refractivity contribution in [1.29, 1.82) is 0 Å². The van der Waals surface area contributed by atoms with Gasteiger partial charge in [-0.05, 0) is 38.4 Å². The van der Waals surface area contributed by atoms with Crippen molar-refractivity contribution in [3.8, 4) is 5.88 Å². The molecule has 2 N–H and O–H groups in total. The number of pyridine rings is 1. The minimum atomic E-state index is -0.454. The number of carbonyl (C=O) groups is 2. The van der Waals surface area contributed by atoms with Gasteiger partial charge < -0.3 is 20.1 Å². The highest BCUT2D eigenvalue weighted by Gasteiger charge is 2.25. The van der Waals surface area contributed by atoms with Crippen molar-refractivity contribution in [3.63, 3.8) is 0 Å². The molecular formula is C17H25N3O4. The van der Waals surface area contributed by atoms with Crippen LogP contribution in [0.4, 0.5) is 0 Å². The Kier molecular flexibility index (Phi) is 6.99. The van der Waals surface area contributed by atoms with Crippen molar-refractivity contribution >= 4 is 11.9 Å². The predicted molar refractivity (Wildman–Crippen MR) is 88.5 cm³/mol. The molecule has 1 fully saturated rings. The van der Waals surface area contributed by atoms with Crippen molar-refractivity contribution in [2.45, 2.75) is 32.2 Å². The maximum Gasteiger partial charge on any atom is 0.308 e. The standard InChI is InChI=1S/C17H25N3O4/c1-3-24-16(21)10-14(13-4-5-15(23-2)19-11-13)20-17(22)12-6-8-18-9-7-12/h4-5,11-12,14,18H,3,6-10H2,1-2H3,(H,20,22)/t14-/m0/s1. The summed E-state index contributed by atoms with van der Waals surface area (Å²) < 4.78 is 10.1. The molecule has 0 bridgehead atoms. The fourth-order valence-electron chi connectivity index (χ4n) is 2.73. The second kappa shape index (κ2) is 9.22. The van der Waals surface area contributed by atoms with Gasteiger partial charge in [-0.1, -0.05) is 6.07 Å². The Morgan fingerprint density at radius 1 is 1.38 bits per heavy atom. The molecule has 1 aromatic rings. The van der Waals surface area contributed by atoms with Gasteiger partial charge in [0.05, 0.1) is 26.2 Å². The monoisotopic (exact) mass is 335 g/mol. The Morgan fingerprint density at radius 2 is 2.12 bits per heavy atom. The van der Waals surface area contributed by atoms with E-state index in [1.54, 1.807) is 25.3 Å². The summed E-state index contributed by atoms with van der Waals surface area (Å²) in [5.41, 5.74) is 0.756. The van der Waals surface area contributed by atoms with Gasteiger partial charge in [0.25, 0.3) is 0 Å². The van der Waals surface area contributed by atoms with E-state index in [1.807, 2.05) is 0 Å². The molecule has 1 atom stereocenters.